The predicted molar refractivity (Wildman–Crippen MR) is 131 cm³/mol. The zero-order chi connectivity index (χ0) is 25.1. The van der Waals surface area contributed by atoms with Crippen molar-refractivity contribution in [2.24, 2.45) is 5.73 Å². The van der Waals surface area contributed by atoms with Crippen LogP contribution in [0, 0.1) is 5.82 Å². The number of morpholine rings is 1. The van der Waals surface area contributed by atoms with Crippen LogP contribution in [0.4, 0.5) is 4.39 Å². The van der Waals surface area contributed by atoms with Crippen molar-refractivity contribution in [2.45, 2.75) is 6.04 Å². The summed E-state index contributed by atoms with van der Waals surface area (Å²) in [5, 5.41) is 2.97. The van der Waals surface area contributed by atoms with E-state index in [9.17, 15) is 14.0 Å². The van der Waals surface area contributed by atoms with Crippen molar-refractivity contribution in [3.05, 3.63) is 89.8 Å². The Morgan fingerprint density at radius 2 is 1.81 bits per heavy atom. The number of nitrogens with one attached hydrogen (secondary N) is 1. The summed E-state index contributed by atoms with van der Waals surface area (Å²) in [5.41, 5.74) is 8.18. The summed E-state index contributed by atoms with van der Waals surface area (Å²) >= 11 is 0. The third-order valence-electron chi connectivity index (χ3n) is 6.23. The second-order valence-corrected chi connectivity index (χ2v) is 8.47. The Hall–Kier alpha value is -4.15. The lowest BCUT2D eigenvalue weighted by Gasteiger charge is -2.35. The van der Waals surface area contributed by atoms with Gasteiger partial charge in [-0.15, -0.1) is 0 Å². The molecule has 10 heteroatoms. The molecule has 0 bridgehead atoms. The predicted octanol–water partition coefficient (Wildman–Crippen LogP) is 2.44. The lowest BCUT2D eigenvalue weighted by molar-refractivity contribution is 0.0162. The van der Waals surface area contributed by atoms with Crippen LogP contribution >= 0.6 is 0 Å². The van der Waals surface area contributed by atoms with Gasteiger partial charge in [-0.25, -0.2) is 14.4 Å². The summed E-state index contributed by atoms with van der Waals surface area (Å²) in [6.45, 7) is 2.83. The number of halogens is 1. The Morgan fingerprint density at radius 1 is 1.08 bits per heavy atom. The molecule has 3 heterocycles. The Bertz CT molecular complexity index is 1380. The van der Waals surface area contributed by atoms with Gasteiger partial charge in [0.2, 0.25) is 0 Å². The van der Waals surface area contributed by atoms with Crippen LogP contribution in [0.2, 0.25) is 0 Å². The van der Waals surface area contributed by atoms with E-state index in [1.807, 2.05) is 30.3 Å². The van der Waals surface area contributed by atoms with Crippen molar-refractivity contribution >= 4 is 17.5 Å². The highest BCUT2D eigenvalue weighted by molar-refractivity contribution is 5.99. The molecule has 1 unspecified atom stereocenters. The lowest BCUT2D eigenvalue weighted by Crippen LogP contribution is -2.44. The molecule has 36 heavy (non-hydrogen) atoms. The number of aromatic nitrogens is 3. The first-order valence-electron chi connectivity index (χ1n) is 11.6. The quantitative estimate of drug-likeness (QED) is 0.413. The third kappa shape index (κ3) is 4.81. The van der Waals surface area contributed by atoms with Crippen molar-refractivity contribution < 1.29 is 18.7 Å². The first-order chi connectivity index (χ1) is 17.5. The molecule has 4 aromatic rings. The Labute approximate surface area is 206 Å². The fourth-order valence-corrected chi connectivity index (χ4v) is 4.40. The summed E-state index contributed by atoms with van der Waals surface area (Å²) in [6, 6.07) is 17.2. The number of carbonyl (C=O) groups excluding carboxylic acids is 2. The van der Waals surface area contributed by atoms with Crippen molar-refractivity contribution in [3.8, 4) is 11.3 Å². The van der Waals surface area contributed by atoms with Crippen molar-refractivity contribution in [3.63, 3.8) is 0 Å². The van der Waals surface area contributed by atoms with E-state index in [2.05, 4.69) is 20.2 Å². The molecule has 0 saturated carbocycles. The topological polar surface area (TPSA) is 115 Å². The summed E-state index contributed by atoms with van der Waals surface area (Å²) in [7, 11) is 0. The molecule has 2 aromatic heterocycles. The minimum atomic E-state index is -0.731. The Balaban J connectivity index is 1.46. The SMILES string of the molecule is NC(=O)c1ncn2c(-c3ccccc3)cc(C(=O)NCC(c3ccc(F)cc3)N3CCOCC3)nc12. The van der Waals surface area contributed by atoms with Gasteiger partial charge in [0.15, 0.2) is 11.3 Å². The number of nitrogens with two attached hydrogens (primary N) is 1. The van der Waals surface area contributed by atoms with Gasteiger partial charge in [0, 0.05) is 19.6 Å². The van der Waals surface area contributed by atoms with Crippen LogP contribution in [0.1, 0.15) is 32.6 Å². The summed E-state index contributed by atoms with van der Waals surface area (Å²) < 4.78 is 20.7. The van der Waals surface area contributed by atoms with E-state index in [1.54, 1.807) is 22.6 Å². The highest BCUT2D eigenvalue weighted by Crippen LogP contribution is 2.24. The number of nitrogens with zero attached hydrogens (tertiary/aromatic N) is 4. The molecule has 2 amide bonds. The van der Waals surface area contributed by atoms with Gasteiger partial charge in [-0.1, -0.05) is 42.5 Å². The number of carbonyl (C=O) groups is 2. The number of primary amides is 1. The minimum Gasteiger partial charge on any atom is -0.379 e. The van der Waals surface area contributed by atoms with Crippen molar-refractivity contribution in [1.82, 2.24) is 24.6 Å². The third-order valence-corrected chi connectivity index (χ3v) is 6.23. The molecule has 1 saturated heterocycles. The number of hydrogen-bond donors (Lipinski definition) is 2. The molecule has 1 aliphatic heterocycles. The van der Waals surface area contributed by atoms with E-state index in [0.29, 0.717) is 32.0 Å². The number of amides is 2. The van der Waals surface area contributed by atoms with Gasteiger partial charge in [-0.3, -0.25) is 18.9 Å². The molecule has 0 radical (unpaired) electrons. The van der Waals surface area contributed by atoms with E-state index in [4.69, 9.17) is 10.5 Å². The van der Waals surface area contributed by atoms with E-state index in [0.717, 1.165) is 11.1 Å². The van der Waals surface area contributed by atoms with Gasteiger partial charge in [0.25, 0.3) is 11.8 Å². The molecular weight excluding hydrogens is 463 g/mol. The van der Waals surface area contributed by atoms with E-state index >= 15 is 0 Å². The molecule has 1 atom stereocenters. The molecular formula is C26H25FN6O3. The minimum absolute atomic E-state index is 0.0145. The molecule has 5 rings (SSSR count). The normalized spacial score (nSPS) is 15.0. The van der Waals surface area contributed by atoms with Crippen LogP contribution in [-0.4, -0.2) is 63.9 Å². The highest BCUT2D eigenvalue weighted by atomic mass is 19.1. The van der Waals surface area contributed by atoms with Crippen LogP contribution < -0.4 is 11.1 Å². The lowest BCUT2D eigenvalue weighted by atomic mass is 10.0. The molecule has 1 fully saturated rings. The maximum atomic E-state index is 13.5. The monoisotopic (exact) mass is 488 g/mol. The Kier molecular flexibility index (Phi) is 6.70. The first-order valence-corrected chi connectivity index (χ1v) is 11.6. The molecule has 2 aromatic carbocycles. The van der Waals surface area contributed by atoms with E-state index in [-0.39, 0.29) is 35.4 Å². The number of rotatable bonds is 7. The first kappa shape index (κ1) is 23.6. The van der Waals surface area contributed by atoms with E-state index < -0.39 is 11.8 Å². The molecule has 0 spiro atoms. The second kappa shape index (κ2) is 10.2. The second-order valence-electron chi connectivity index (χ2n) is 8.47. The number of hydrogen-bond acceptors (Lipinski definition) is 6. The van der Waals surface area contributed by atoms with Crippen LogP contribution in [0.25, 0.3) is 16.9 Å². The number of benzene rings is 2. The van der Waals surface area contributed by atoms with Crippen molar-refractivity contribution in [1.29, 1.82) is 0 Å². The van der Waals surface area contributed by atoms with Gasteiger partial charge in [-0.2, -0.15) is 0 Å². The highest BCUT2D eigenvalue weighted by Gasteiger charge is 2.25. The molecule has 9 nitrogen and oxygen atoms in total. The van der Waals surface area contributed by atoms with Crippen LogP contribution in [-0.2, 0) is 4.74 Å². The average Bonchev–Trinajstić information content (AvgIpc) is 3.35. The van der Waals surface area contributed by atoms with Gasteiger partial charge in [-0.05, 0) is 29.3 Å². The maximum Gasteiger partial charge on any atom is 0.271 e. The molecule has 184 valence electrons. The Morgan fingerprint density at radius 3 is 2.50 bits per heavy atom. The van der Waals surface area contributed by atoms with Crippen molar-refractivity contribution in [2.75, 3.05) is 32.8 Å². The van der Waals surface area contributed by atoms with E-state index in [1.165, 1.54) is 18.5 Å². The average molecular weight is 489 g/mol. The van der Waals surface area contributed by atoms with Crippen LogP contribution in [0.15, 0.2) is 67.0 Å². The summed E-state index contributed by atoms with van der Waals surface area (Å²) in [4.78, 5) is 36.0. The smallest absolute Gasteiger partial charge is 0.271 e. The summed E-state index contributed by atoms with van der Waals surface area (Å²) in [5.74, 6) is -1.46. The molecule has 1 aliphatic rings. The zero-order valence-electron chi connectivity index (χ0n) is 19.4. The van der Waals surface area contributed by atoms with Gasteiger partial charge in [0.1, 0.15) is 17.8 Å². The standard InChI is InChI=1S/C26H25FN6O3/c27-19-8-6-18(7-9-19)22(32-10-12-36-13-11-32)15-29-26(35)20-14-21(17-4-2-1-3-5-17)33-16-30-23(24(28)34)25(33)31-20/h1-9,14,16,22H,10-13,15H2,(H2,28,34)(H,29,35). The zero-order valence-corrected chi connectivity index (χ0v) is 19.4. The summed E-state index contributed by atoms with van der Waals surface area (Å²) in [6.07, 6.45) is 1.47. The maximum absolute atomic E-state index is 13.5. The van der Waals surface area contributed by atoms with Crippen LogP contribution in [0.5, 0.6) is 0 Å². The van der Waals surface area contributed by atoms with Crippen LogP contribution in [0.3, 0.4) is 0 Å². The largest absolute Gasteiger partial charge is 0.379 e. The number of imidazole rings is 1. The number of ether oxygens (including phenoxy) is 1. The number of fused-ring (bicyclic) bond motifs is 1. The van der Waals surface area contributed by atoms with Gasteiger partial charge < -0.3 is 15.8 Å². The fourth-order valence-electron chi connectivity index (χ4n) is 4.40. The van der Waals surface area contributed by atoms with Gasteiger partial charge in [0.05, 0.1) is 24.9 Å². The molecule has 0 aliphatic carbocycles. The molecule has 3 N–H and O–H groups in total. The fraction of sp³-hybridized carbons (Fsp3) is 0.231. The van der Waals surface area contributed by atoms with Gasteiger partial charge >= 0.3 is 0 Å².